The maximum atomic E-state index is 14.4. The van der Waals surface area contributed by atoms with Crippen molar-refractivity contribution in [2.45, 2.75) is 62.1 Å². The molecule has 6 amide bonds. The molecule has 5 aliphatic rings. The molecule has 674 valence electrons. The standard InChI is InChI=1S/C41H37Cl2N7O10.C24H20O5.C17H13ClO3.C17H14O5/c1-22(51)14-24(17-45-48-40(44)57)46-35(52)19-50-34-13-7-6-12-33(34)49(18-32(39(50)56)47-38(55)23-15-30(42)37(54)31(43)16-23)36(53)21-60-41(58)59-20-29-27-10-4-2-8-25(27)26-9-3-5-11-28(26)29;25-23(27-14-17-8-2-1-3-9-17)16-29-24(26)28-15-22-20-12-6-4-10-18(20)19-11-5-7-13-21(19)22;18-16(19)9-17(20)21-10-15-13-7-3-1-5-11(13)12-6-2-4-8-14(12)15;18-16(19)10-22-17(20)21-9-15-13-7-3-1-5-11(13)12-6-2-4-8-14(12)15/h2-13,15-17,24,29,32,54H,14,18-21H2,1H3,(H,46,52)(H,47,55)(H3,44,48,57);1-13,22H,14-16H2;1-8,15H,9-10H2;1-8,15H,9-10H2,(H,18,19)/b45-17-;;;/t24-,32-;;;/m0.../s1. The normalized spacial score (nSPS) is 13.5. The van der Waals surface area contributed by atoms with Gasteiger partial charge < -0.3 is 69.4 Å². The van der Waals surface area contributed by atoms with Crippen molar-refractivity contribution < 1.29 is 110 Å². The van der Waals surface area contributed by atoms with Crippen LogP contribution in [0, 0.1) is 0 Å². The fourth-order valence-electron chi connectivity index (χ4n) is 16.0. The van der Waals surface area contributed by atoms with Gasteiger partial charge in [-0.2, -0.15) is 5.10 Å². The van der Waals surface area contributed by atoms with Gasteiger partial charge in [-0.25, -0.2) is 34.2 Å². The average Bonchev–Trinajstić information content (AvgIpc) is 1.63. The summed E-state index contributed by atoms with van der Waals surface area (Å²) in [5.41, 5.74) is 25.5. The highest BCUT2D eigenvalue weighted by Gasteiger charge is 2.40. The third kappa shape index (κ3) is 23.7. The number of para-hydroxylation sites is 2. The highest BCUT2D eigenvalue weighted by atomic mass is 35.5. The van der Waals surface area contributed by atoms with E-state index in [4.69, 9.17) is 78.8 Å². The van der Waals surface area contributed by atoms with Gasteiger partial charge in [0.2, 0.25) is 11.1 Å². The van der Waals surface area contributed by atoms with Crippen LogP contribution in [0.5, 0.6) is 5.75 Å². The third-order valence-electron chi connectivity index (χ3n) is 21.7. The van der Waals surface area contributed by atoms with E-state index in [-0.39, 0.29) is 95.9 Å². The number of primary amides is 1. The molecule has 1 heterocycles. The van der Waals surface area contributed by atoms with Crippen molar-refractivity contribution in [3.8, 4) is 50.3 Å². The average molecular weight is 1850 g/mol. The Kier molecular flexibility index (Phi) is 31.7. The Bertz CT molecular complexity index is 6050. The summed E-state index contributed by atoms with van der Waals surface area (Å²) in [7, 11) is 0. The Labute approximate surface area is 770 Å². The van der Waals surface area contributed by atoms with Crippen LogP contribution >= 0.6 is 34.8 Å². The number of phenolic OH excluding ortho intramolecular Hbond substituents is 1. The second kappa shape index (κ2) is 44.5. The summed E-state index contributed by atoms with van der Waals surface area (Å²) in [5, 5.41) is 26.0. The number of nitrogens with one attached hydrogen (secondary N) is 3. The van der Waals surface area contributed by atoms with Crippen LogP contribution < -0.4 is 31.6 Å². The van der Waals surface area contributed by atoms with Gasteiger partial charge in [0.1, 0.15) is 57.8 Å². The first kappa shape index (κ1) is 94.1. The number of aliphatic carboxylic acids is 1. The summed E-state index contributed by atoms with van der Waals surface area (Å²) < 4.78 is 40.8. The summed E-state index contributed by atoms with van der Waals surface area (Å²) in [6.07, 6.45) is -2.52. The lowest BCUT2D eigenvalue weighted by atomic mass is 9.98. The molecule has 0 saturated heterocycles. The summed E-state index contributed by atoms with van der Waals surface area (Å²) in [4.78, 5) is 161. The minimum Gasteiger partial charge on any atom is -0.505 e. The Morgan fingerprint density at radius 3 is 1.24 bits per heavy atom. The van der Waals surface area contributed by atoms with Crippen LogP contribution in [-0.4, -0.2) is 165 Å². The third-order valence-corrected chi connectivity index (χ3v) is 22.4. The van der Waals surface area contributed by atoms with Crippen LogP contribution in [0.3, 0.4) is 0 Å². The molecular weight excluding hydrogens is 1760 g/mol. The second-order valence-electron chi connectivity index (χ2n) is 30.3. The monoisotopic (exact) mass is 1840 g/mol. The van der Waals surface area contributed by atoms with E-state index in [1.807, 2.05) is 206 Å². The molecule has 2 atom stereocenters. The molecule has 132 heavy (non-hydrogen) atoms. The van der Waals surface area contributed by atoms with Crippen molar-refractivity contribution in [1.82, 2.24) is 16.1 Å². The Balaban J connectivity index is 0.000000169. The molecule has 7 N–H and O–H groups in total. The molecule has 0 spiro atoms. The fraction of sp³-hybridized carbons (Fsp3) is 0.192. The lowest BCUT2D eigenvalue weighted by Gasteiger charge is -2.25. The van der Waals surface area contributed by atoms with Gasteiger partial charge in [-0.3, -0.25) is 38.5 Å². The Morgan fingerprint density at radius 1 is 0.477 bits per heavy atom. The molecule has 1 aliphatic heterocycles. The summed E-state index contributed by atoms with van der Waals surface area (Å²) in [6.45, 7) is -1.40. The first-order valence-electron chi connectivity index (χ1n) is 41.2. The number of urea groups is 1. The van der Waals surface area contributed by atoms with Crippen molar-refractivity contribution >= 4 is 129 Å². The zero-order chi connectivity index (χ0) is 93.5. The second-order valence-corrected chi connectivity index (χ2v) is 31.5. The maximum Gasteiger partial charge on any atom is 0.508 e. The van der Waals surface area contributed by atoms with E-state index >= 15 is 0 Å². The molecule has 11 aromatic rings. The number of anilines is 2. The number of hydrogen-bond acceptors (Lipinski definition) is 23. The molecule has 30 nitrogen and oxygen atoms in total. The molecule has 11 aromatic carbocycles. The molecule has 0 saturated carbocycles. The zero-order valence-corrected chi connectivity index (χ0v) is 72.6. The minimum atomic E-state index is -1.54. The first-order chi connectivity index (χ1) is 63.8. The number of carboxylic acid groups (broad SMARTS) is 1. The number of esters is 2. The molecule has 0 fully saturated rings. The molecule has 33 heteroatoms. The number of nitrogens with zero attached hydrogens (tertiary/aromatic N) is 3. The summed E-state index contributed by atoms with van der Waals surface area (Å²) in [6, 6.07) is 77.7. The fourth-order valence-corrected chi connectivity index (χ4v) is 16.6. The van der Waals surface area contributed by atoms with E-state index in [0.29, 0.717) is 0 Å². The number of fused-ring (bicyclic) bond motifs is 13. The van der Waals surface area contributed by atoms with Crippen molar-refractivity contribution in [3.63, 3.8) is 0 Å². The summed E-state index contributed by atoms with van der Waals surface area (Å²) >= 11 is 17.3. The molecule has 4 aliphatic carbocycles. The number of ketones is 1. The van der Waals surface area contributed by atoms with Gasteiger partial charge in [0.25, 0.3) is 17.7 Å². The molecule has 0 unspecified atom stereocenters. The zero-order valence-electron chi connectivity index (χ0n) is 70.4. The first-order valence-corrected chi connectivity index (χ1v) is 42.3. The number of hydrazone groups is 1. The number of ether oxygens (including phenoxy) is 8. The highest BCUT2D eigenvalue weighted by molar-refractivity contribution is 6.64. The van der Waals surface area contributed by atoms with Crippen LogP contribution in [0.25, 0.3) is 44.5 Å². The number of aromatic hydroxyl groups is 1. The predicted octanol–water partition coefficient (Wildman–Crippen LogP) is 15.5. The SMILES string of the molecule is CC(=O)C[C@@H](/C=N\NC(N)=O)NC(=O)CN1C(=O)[C@@H](NC(=O)c2cc(Cl)c(O)c(Cl)c2)CN(C(=O)COC(=O)OCC2c3ccccc3-c3ccccc32)c2ccccc21.O=C(COC(=O)OCC1c2ccccc2-c2ccccc21)OCc1ccccc1.O=C(Cl)CC(=O)OCC1c2ccccc2-c2ccccc21.O=C(O)COC(=O)OCC1c2ccccc2-c2ccccc21. The van der Waals surface area contributed by atoms with E-state index in [1.165, 1.54) is 30.2 Å². The van der Waals surface area contributed by atoms with Gasteiger partial charge in [-0.05, 0) is 137 Å². The van der Waals surface area contributed by atoms with Crippen molar-refractivity contribution in [3.05, 3.63) is 327 Å². The van der Waals surface area contributed by atoms with Gasteiger partial charge in [0.15, 0.2) is 25.6 Å². The van der Waals surface area contributed by atoms with Crippen LogP contribution in [0.1, 0.15) is 104 Å². The van der Waals surface area contributed by atoms with Gasteiger partial charge in [0.05, 0.1) is 34.0 Å². The number of rotatable bonds is 27. The Hall–Kier alpha value is -15.5. The number of nitrogens with two attached hydrogens (primary N) is 1. The quantitative estimate of drug-likeness (QED) is 0.00695. The van der Waals surface area contributed by atoms with E-state index < -0.39 is 128 Å². The van der Waals surface area contributed by atoms with Crippen LogP contribution in [0.2, 0.25) is 10.0 Å². The highest BCUT2D eigenvalue weighted by Crippen LogP contribution is 2.49. The van der Waals surface area contributed by atoms with E-state index in [1.54, 1.807) is 12.1 Å². The van der Waals surface area contributed by atoms with Gasteiger partial charge in [-0.15, -0.1) is 0 Å². The van der Waals surface area contributed by atoms with Gasteiger partial charge in [0, 0.05) is 41.9 Å². The van der Waals surface area contributed by atoms with Crippen molar-refractivity contribution in [1.29, 1.82) is 0 Å². The lowest BCUT2D eigenvalue weighted by Crippen LogP contribution is -2.55. The molecule has 0 radical (unpaired) electrons. The number of phenols is 1. The minimum absolute atomic E-state index is 0.00628. The maximum absolute atomic E-state index is 14.4. The number of hydrogen-bond donors (Lipinski definition) is 6. The smallest absolute Gasteiger partial charge is 0.505 e. The molecule has 16 rings (SSSR count). The number of Topliss-reactive ketones (excluding diaryl/α,β-unsaturated/α-hetero) is 1. The van der Waals surface area contributed by atoms with E-state index in [0.717, 1.165) is 112 Å². The molecular formula is C99H84Cl3N7O23. The Morgan fingerprint density at radius 2 is 0.848 bits per heavy atom. The molecule has 0 bridgehead atoms. The topological polar surface area (TPSA) is 417 Å². The summed E-state index contributed by atoms with van der Waals surface area (Å²) in [5.74, 6) is -6.96. The number of carbonyl (C=O) groups excluding carboxylic acids is 12. The lowest BCUT2D eigenvalue weighted by molar-refractivity contribution is -0.149. The number of benzene rings is 11. The van der Waals surface area contributed by atoms with Crippen LogP contribution in [-0.2, 0) is 82.9 Å². The number of halogens is 3. The molecule has 0 aromatic heterocycles. The largest absolute Gasteiger partial charge is 0.508 e. The van der Waals surface area contributed by atoms with Gasteiger partial charge >= 0.3 is 42.4 Å². The van der Waals surface area contributed by atoms with Crippen LogP contribution in [0.15, 0.2) is 266 Å². The van der Waals surface area contributed by atoms with Crippen molar-refractivity contribution in [2.24, 2.45) is 10.8 Å². The van der Waals surface area contributed by atoms with E-state index in [9.17, 15) is 67.4 Å². The van der Waals surface area contributed by atoms with Gasteiger partial charge in [-0.1, -0.05) is 260 Å². The van der Waals surface area contributed by atoms with Crippen LogP contribution in [0.4, 0.5) is 30.6 Å². The number of carboxylic acids is 1. The van der Waals surface area contributed by atoms with Crippen molar-refractivity contribution in [2.75, 3.05) is 69.1 Å². The number of amides is 6. The van der Waals surface area contributed by atoms with E-state index in [2.05, 4.69) is 44.7 Å². The predicted molar refractivity (Wildman–Crippen MR) is 486 cm³/mol. The number of carbonyl (C=O) groups is 13.